The van der Waals surface area contributed by atoms with Gasteiger partial charge in [0.1, 0.15) is 12.2 Å². The fourth-order valence-corrected chi connectivity index (χ4v) is 3.42. The van der Waals surface area contributed by atoms with E-state index in [4.69, 9.17) is 11.6 Å². The second kappa shape index (κ2) is 8.80. The molecule has 0 saturated carbocycles. The quantitative estimate of drug-likeness (QED) is 0.427. The lowest BCUT2D eigenvalue weighted by Crippen LogP contribution is -2.21. The van der Waals surface area contributed by atoms with Gasteiger partial charge in [0, 0.05) is 5.02 Å². The summed E-state index contributed by atoms with van der Waals surface area (Å²) in [5.74, 6) is -0.579. The van der Waals surface area contributed by atoms with Gasteiger partial charge in [-0.05, 0) is 32.4 Å². The molecule has 3 aromatic rings. The van der Waals surface area contributed by atoms with Crippen LogP contribution in [0.5, 0.6) is 0 Å². The van der Waals surface area contributed by atoms with Crippen molar-refractivity contribution in [3.8, 4) is 0 Å². The zero-order valence-electron chi connectivity index (χ0n) is 16.9. The largest absolute Gasteiger partial charge is 0.321 e. The maximum Gasteiger partial charge on any atom is 0.319 e. The third kappa shape index (κ3) is 4.55. The number of nitrogens with one attached hydrogen (secondary N) is 1. The minimum Gasteiger partial charge on any atom is -0.321 e. The maximum atomic E-state index is 13.1. The highest BCUT2D eigenvalue weighted by Crippen LogP contribution is 2.31. The predicted molar refractivity (Wildman–Crippen MR) is 109 cm³/mol. The summed E-state index contributed by atoms with van der Waals surface area (Å²) in [5.41, 5.74) is 0.657. The van der Waals surface area contributed by atoms with E-state index in [2.05, 4.69) is 15.5 Å². The molecule has 1 N–H and O–H groups in total. The fourth-order valence-electron chi connectivity index (χ4n) is 3.22. The van der Waals surface area contributed by atoms with Crippen molar-refractivity contribution in [2.24, 2.45) is 0 Å². The van der Waals surface area contributed by atoms with Gasteiger partial charge in [0.2, 0.25) is 11.6 Å². The number of aromatic nitrogens is 4. The molecule has 164 valence electrons. The molecule has 0 aliphatic carbocycles. The average Bonchev–Trinajstić information content (AvgIpc) is 3.15. The van der Waals surface area contributed by atoms with Gasteiger partial charge in [0.05, 0.1) is 28.5 Å². The third-order valence-electron chi connectivity index (χ3n) is 4.81. The van der Waals surface area contributed by atoms with E-state index in [1.54, 1.807) is 24.6 Å². The molecule has 0 aliphatic rings. The second-order valence-electron chi connectivity index (χ2n) is 6.88. The number of halogens is 3. The number of anilines is 1. The first-order chi connectivity index (χ1) is 14.6. The molecule has 0 fully saturated rings. The Morgan fingerprint density at radius 3 is 2.45 bits per heavy atom. The summed E-state index contributed by atoms with van der Waals surface area (Å²) in [6.45, 7) is 4.68. The minimum atomic E-state index is -3.13. The fraction of sp³-hybridized carbons (Fsp3) is 0.316. The highest BCUT2D eigenvalue weighted by atomic mass is 35.5. The van der Waals surface area contributed by atoms with Gasteiger partial charge in [0.25, 0.3) is 6.43 Å². The van der Waals surface area contributed by atoms with Gasteiger partial charge < -0.3 is 5.32 Å². The number of carbonyl (C=O) groups is 1. The highest BCUT2D eigenvalue weighted by molar-refractivity contribution is 6.31. The van der Waals surface area contributed by atoms with Crippen molar-refractivity contribution < 1.29 is 18.5 Å². The number of benzene rings is 1. The first-order valence-electron chi connectivity index (χ1n) is 9.17. The summed E-state index contributed by atoms with van der Waals surface area (Å²) in [6, 6.07) is 7.31. The van der Waals surface area contributed by atoms with Crippen molar-refractivity contribution in [2.45, 2.75) is 40.3 Å². The number of nitro groups is 1. The Kier molecular flexibility index (Phi) is 6.34. The molecule has 3 rings (SSSR count). The monoisotopic (exact) mass is 452 g/mol. The predicted octanol–water partition coefficient (Wildman–Crippen LogP) is 4.19. The zero-order chi connectivity index (χ0) is 22.9. The van der Waals surface area contributed by atoms with Crippen molar-refractivity contribution in [3.05, 3.63) is 67.7 Å². The van der Waals surface area contributed by atoms with Gasteiger partial charge in [-0.3, -0.25) is 24.3 Å². The lowest BCUT2D eigenvalue weighted by Gasteiger charge is -2.09. The standard InChI is InChI=1S/C19H19ClF2N6O3/c1-10-16(11(2)26(24-10)8-13-6-4-5-7-14(13)20)23-15(29)9-27-12(3)18(28(30)31)17(25-27)19(21)22/h4-7,19H,8-9H2,1-3H3,(H,23,29). The summed E-state index contributed by atoms with van der Waals surface area (Å²) in [6.07, 6.45) is -3.13. The van der Waals surface area contributed by atoms with Crippen LogP contribution in [-0.4, -0.2) is 30.4 Å². The molecule has 0 aliphatic heterocycles. The number of carbonyl (C=O) groups excluding carboxylic acids is 1. The smallest absolute Gasteiger partial charge is 0.319 e. The van der Waals surface area contributed by atoms with E-state index in [1.807, 2.05) is 18.2 Å². The van der Waals surface area contributed by atoms with Crippen LogP contribution >= 0.6 is 11.6 Å². The molecule has 2 aromatic heterocycles. The summed E-state index contributed by atoms with van der Waals surface area (Å²) in [4.78, 5) is 22.7. The van der Waals surface area contributed by atoms with Crippen LogP contribution in [0, 0.1) is 30.9 Å². The van der Waals surface area contributed by atoms with Crippen LogP contribution in [0.3, 0.4) is 0 Å². The Bertz CT molecular complexity index is 1160. The Morgan fingerprint density at radius 2 is 1.87 bits per heavy atom. The van der Waals surface area contributed by atoms with Crippen molar-refractivity contribution in [1.82, 2.24) is 19.6 Å². The van der Waals surface area contributed by atoms with E-state index >= 15 is 0 Å². The van der Waals surface area contributed by atoms with E-state index in [-0.39, 0.29) is 5.69 Å². The van der Waals surface area contributed by atoms with Crippen LogP contribution in [0.15, 0.2) is 24.3 Å². The highest BCUT2D eigenvalue weighted by Gasteiger charge is 2.31. The number of rotatable bonds is 7. The number of hydrogen-bond donors (Lipinski definition) is 1. The molecule has 1 amide bonds. The van der Waals surface area contributed by atoms with Gasteiger partial charge in [0.15, 0.2) is 0 Å². The van der Waals surface area contributed by atoms with Crippen molar-refractivity contribution in [3.63, 3.8) is 0 Å². The molecule has 0 atom stereocenters. The van der Waals surface area contributed by atoms with Crippen LogP contribution in [0.4, 0.5) is 20.2 Å². The molecule has 0 bridgehead atoms. The van der Waals surface area contributed by atoms with Gasteiger partial charge in [-0.25, -0.2) is 8.78 Å². The normalized spacial score (nSPS) is 11.2. The van der Waals surface area contributed by atoms with E-state index in [9.17, 15) is 23.7 Å². The molecule has 31 heavy (non-hydrogen) atoms. The minimum absolute atomic E-state index is 0.127. The Labute approximate surface area is 180 Å². The second-order valence-corrected chi connectivity index (χ2v) is 7.28. The van der Waals surface area contributed by atoms with Gasteiger partial charge in [-0.15, -0.1) is 0 Å². The Hall–Kier alpha value is -3.34. The lowest BCUT2D eigenvalue weighted by molar-refractivity contribution is -0.386. The zero-order valence-corrected chi connectivity index (χ0v) is 17.7. The van der Waals surface area contributed by atoms with Crippen LogP contribution in [-0.2, 0) is 17.9 Å². The molecule has 0 radical (unpaired) electrons. The SMILES string of the molecule is Cc1nn(Cc2ccccc2Cl)c(C)c1NC(=O)Cn1nc(C(F)F)c([N+](=O)[O-])c1C. The van der Waals surface area contributed by atoms with Crippen LogP contribution in [0.1, 0.15) is 34.8 Å². The molecule has 9 nitrogen and oxygen atoms in total. The van der Waals surface area contributed by atoms with Crippen LogP contribution in [0.2, 0.25) is 5.02 Å². The molecular weight excluding hydrogens is 434 g/mol. The summed E-state index contributed by atoms with van der Waals surface area (Å²) < 4.78 is 28.7. The van der Waals surface area contributed by atoms with Crippen molar-refractivity contribution in [1.29, 1.82) is 0 Å². The molecule has 0 saturated heterocycles. The van der Waals surface area contributed by atoms with Crippen LogP contribution in [0.25, 0.3) is 0 Å². The third-order valence-corrected chi connectivity index (χ3v) is 5.18. The maximum absolute atomic E-state index is 13.1. The number of amides is 1. The van der Waals surface area contributed by atoms with Crippen molar-refractivity contribution in [2.75, 3.05) is 5.32 Å². The van der Waals surface area contributed by atoms with Crippen LogP contribution < -0.4 is 5.32 Å². The van der Waals surface area contributed by atoms with Gasteiger partial charge in [-0.1, -0.05) is 29.8 Å². The first-order valence-corrected chi connectivity index (χ1v) is 9.55. The number of aryl methyl sites for hydroxylation is 1. The molecular formula is C19H19ClF2N6O3. The lowest BCUT2D eigenvalue weighted by atomic mass is 10.2. The summed E-state index contributed by atoms with van der Waals surface area (Å²) >= 11 is 6.20. The molecule has 1 aromatic carbocycles. The van der Waals surface area contributed by atoms with E-state index in [0.717, 1.165) is 10.2 Å². The summed E-state index contributed by atoms with van der Waals surface area (Å²) in [7, 11) is 0. The molecule has 0 spiro atoms. The molecule has 0 unspecified atom stereocenters. The first kappa shape index (κ1) is 22.3. The van der Waals surface area contributed by atoms with Crippen molar-refractivity contribution >= 4 is 28.9 Å². The van der Waals surface area contributed by atoms with Gasteiger partial charge >= 0.3 is 5.69 Å². The van der Waals surface area contributed by atoms with E-state index in [0.29, 0.717) is 28.6 Å². The molecule has 2 heterocycles. The van der Waals surface area contributed by atoms with E-state index < -0.39 is 35.2 Å². The number of alkyl halides is 2. The van der Waals surface area contributed by atoms with Gasteiger partial charge in [-0.2, -0.15) is 10.2 Å². The Morgan fingerprint density at radius 1 is 1.19 bits per heavy atom. The average molecular weight is 453 g/mol. The number of nitrogens with zero attached hydrogens (tertiary/aromatic N) is 5. The number of hydrogen-bond acceptors (Lipinski definition) is 5. The topological polar surface area (TPSA) is 108 Å². The van der Waals surface area contributed by atoms with E-state index in [1.165, 1.54) is 6.92 Å². The summed E-state index contributed by atoms with van der Waals surface area (Å²) in [5, 5.41) is 22.4. The molecule has 12 heteroatoms. The Balaban J connectivity index is 1.80.